The summed E-state index contributed by atoms with van der Waals surface area (Å²) in [6.45, 7) is 6.27. The third-order valence-electron chi connectivity index (χ3n) is 6.69. The minimum atomic E-state index is -0.616. The summed E-state index contributed by atoms with van der Waals surface area (Å²) in [5.41, 5.74) is 4.21. The molecule has 2 aromatic carbocycles. The molecule has 190 valence electrons. The van der Waals surface area contributed by atoms with Crippen LogP contribution in [0.5, 0.6) is 17.2 Å². The quantitative estimate of drug-likeness (QED) is 0.495. The van der Waals surface area contributed by atoms with E-state index in [1.165, 1.54) is 0 Å². The number of dihydropyridines is 1. The SMILES string of the molecule is CCCOC(=O)C1=C(C)NC2=C(C(=O)C[C@@H](c3ccc(OC)cc3)C2)[C@H]1c1ccc(O)c(OCC)c1. The molecule has 2 aliphatic rings. The van der Waals surface area contributed by atoms with E-state index < -0.39 is 11.9 Å². The molecular formula is C29H33NO6. The maximum absolute atomic E-state index is 13.7. The third kappa shape index (κ3) is 4.96. The van der Waals surface area contributed by atoms with E-state index in [0.29, 0.717) is 60.6 Å². The van der Waals surface area contributed by atoms with Gasteiger partial charge in [0.05, 0.1) is 25.9 Å². The van der Waals surface area contributed by atoms with Gasteiger partial charge in [-0.1, -0.05) is 25.1 Å². The van der Waals surface area contributed by atoms with Crippen molar-refractivity contribution < 1.29 is 28.9 Å². The Bertz CT molecular complexity index is 1210. The number of phenols is 1. The number of hydrogen-bond acceptors (Lipinski definition) is 7. The predicted molar refractivity (Wildman–Crippen MR) is 136 cm³/mol. The second-order valence-corrected chi connectivity index (χ2v) is 9.09. The highest BCUT2D eigenvalue weighted by Gasteiger charge is 2.41. The van der Waals surface area contributed by atoms with Crippen molar-refractivity contribution in [1.29, 1.82) is 0 Å². The summed E-state index contributed by atoms with van der Waals surface area (Å²) < 4.78 is 16.4. The number of ketones is 1. The number of ether oxygens (including phenoxy) is 3. The molecule has 0 amide bonds. The van der Waals surface area contributed by atoms with Gasteiger partial charge in [0.1, 0.15) is 5.75 Å². The van der Waals surface area contributed by atoms with Gasteiger partial charge in [0.15, 0.2) is 17.3 Å². The molecule has 0 saturated heterocycles. The first-order valence-electron chi connectivity index (χ1n) is 12.4. The van der Waals surface area contributed by atoms with Gasteiger partial charge >= 0.3 is 5.97 Å². The van der Waals surface area contributed by atoms with Crippen LogP contribution in [-0.2, 0) is 14.3 Å². The molecule has 2 aromatic rings. The van der Waals surface area contributed by atoms with Gasteiger partial charge in [-0.25, -0.2) is 4.79 Å². The van der Waals surface area contributed by atoms with Crippen LogP contribution in [-0.4, -0.2) is 37.2 Å². The number of aromatic hydroxyl groups is 1. The number of hydrogen-bond donors (Lipinski definition) is 2. The number of phenolic OH excluding ortho intramolecular Hbond substituents is 1. The largest absolute Gasteiger partial charge is 0.504 e. The molecule has 7 nitrogen and oxygen atoms in total. The minimum Gasteiger partial charge on any atom is -0.504 e. The highest BCUT2D eigenvalue weighted by atomic mass is 16.5. The normalized spacial score (nSPS) is 19.5. The van der Waals surface area contributed by atoms with Crippen LogP contribution in [0, 0.1) is 0 Å². The Morgan fingerprint density at radius 3 is 2.47 bits per heavy atom. The Balaban J connectivity index is 1.78. The van der Waals surface area contributed by atoms with Crippen molar-refractivity contribution >= 4 is 11.8 Å². The summed E-state index contributed by atoms with van der Waals surface area (Å²) in [6.07, 6.45) is 1.66. The van der Waals surface area contributed by atoms with E-state index in [1.54, 1.807) is 25.3 Å². The van der Waals surface area contributed by atoms with Crippen LogP contribution in [0.15, 0.2) is 65.0 Å². The molecule has 7 heteroatoms. The second-order valence-electron chi connectivity index (χ2n) is 9.09. The molecule has 0 saturated carbocycles. The number of Topliss-reactive ketones (excluding diaryl/α,β-unsaturated/α-hetero) is 1. The highest BCUT2D eigenvalue weighted by molar-refractivity contribution is 6.04. The Hall–Kier alpha value is -3.74. The summed E-state index contributed by atoms with van der Waals surface area (Å²) in [5, 5.41) is 13.6. The van der Waals surface area contributed by atoms with Crippen molar-refractivity contribution in [2.75, 3.05) is 20.3 Å². The summed E-state index contributed by atoms with van der Waals surface area (Å²) in [6, 6.07) is 12.8. The average Bonchev–Trinajstić information content (AvgIpc) is 2.87. The van der Waals surface area contributed by atoms with E-state index in [4.69, 9.17) is 14.2 Å². The first-order valence-corrected chi connectivity index (χ1v) is 12.4. The Kier molecular flexibility index (Phi) is 7.67. The number of carbonyl (C=O) groups is 2. The summed E-state index contributed by atoms with van der Waals surface area (Å²) in [4.78, 5) is 26.9. The molecule has 2 atom stereocenters. The zero-order valence-electron chi connectivity index (χ0n) is 21.2. The van der Waals surface area contributed by atoms with Gasteiger partial charge in [-0.05, 0) is 68.0 Å². The number of esters is 1. The number of benzene rings is 2. The smallest absolute Gasteiger partial charge is 0.336 e. The van der Waals surface area contributed by atoms with Crippen LogP contribution in [0.2, 0.25) is 0 Å². The van der Waals surface area contributed by atoms with Crippen LogP contribution in [0.25, 0.3) is 0 Å². The van der Waals surface area contributed by atoms with Crippen molar-refractivity contribution in [2.24, 2.45) is 0 Å². The molecule has 1 aliphatic heterocycles. The molecule has 1 aliphatic carbocycles. The molecule has 0 spiro atoms. The lowest BCUT2D eigenvalue weighted by Gasteiger charge is -2.36. The number of allylic oxidation sites excluding steroid dienone is 3. The second kappa shape index (κ2) is 10.9. The first kappa shape index (κ1) is 25.4. The first-order chi connectivity index (χ1) is 17.4. The molecule has 0 unspecified atom stereocenters. The van der Waals surface area contributed by atoms with Crippen LogP contribution in [0.3, 0.4) is 0 Å². The molecule has 0 bridgehead atoms. The number of rotatable bonds is 8. The minimum absolute atomic E-state index is 0.00842. The highest BCUT2D eigenvalue weighted by Crippen LogP contribution is 2.47. The predicted octanol–water partition coefficient (Wildman–Crippen LogP) is 5.11. The summed E-state index contributed by atoms with van der Waals surface area (Å²) in [7, 11) is 1.63. The van der Waals surface area contributed by atoms with Crippen LogP contribution >= 0.6 is 0 Å². The topological polar surface area (TPSA) is 94.1 Å². The monoisotopic (exact) mass is 491 g/mol. The Morgan fingerprint density at radius 1 is 1.08 bits per heavy atom. The van der Waals surface area contributed by atoms with Gasteiger partial charge in [-0.2, -0.15) is 0 Å². The van der Waals surface area contributed by atoms with E-state index >= 15 is 0 Å². The standard InChI is InChI=1S/C29H33NO6/c1-5-13-36-29(33)26-17(3)30-22-14-20(18-7-10-21(34-4)11-8-18)15-24(32)28(22)27(26)19-9-12-23(31)25(16-19)35-6-2/h7-12,16,20,27,30-31H,5-6,13-15H2,1-4H3/t20-,27-/m0/s1. The Labute approximate surface area is 211 Å². The molecule has 0 radical (unpaired) electrons. The van der Waals surface area contributed by atoms with E-state index in [-0.39, 0.29) is 17.5 Å². The fourth-order valence-corrected chi connectivity index (χ4v) is 5.01. The van der Waals surface area contributed by atoms with E-state index in [9.17, 15) is 14.7 Å². The average molecular weight is 492 g/mol. The third-order valence-corrected chi connectivity index (χ3v) is 6.69. The summed E-state index contributed by atoms with van der Waals surface area (Å²) >= 11 is 0. The molecule has 1 heterocycles. The number of carbonyl (C=O) groups excluding carboxylic acids is 2. The van der Waals surface area contributed by atoms with Gasteiger partial charge in [0.25, 0.3) is 0 Å². The molecule has 4 rings (SSSR count). The van der Waals surface area contributed by atoms with E-state index in [1.807, 2.05) is 45.0 Å². The summed E-state index contributed by atoms with van der Waals surface area (Å²) in [5.74, 6) is 0.0137. The molecule has 2 N–H and O–H groups in total. The van der Waals surface area contributed by atoms with Gasteiger partial charge in [-0.15, -0.1) is 0 Å². The lowest BCUT2D eigenvalue weighted by Crippen LogP contribution is -2.36. The maximum Gasteiger partial charge on any atom is 0.336 e. The van der Waals surface area contributed by atoms with Crippen LogP contribution in [0.4, 0.5) is 0 Å². The van der Waals surface area contributed by atoms with Crippen molar-refractivity contribution in [3.63, 3.8) is 0 Å². The van der Waals surface area contributed by atoms with Crippen LogP contribution < -0.4 is 14.8 Å². The maximum atomic E-state index is 13.7. The fourth-order valence-electron chi connectivity index (χ4n) is 5.01. The molecular weight excluding hydrogens is 458 g/mol. The van der Waals surface area contributed by atoms with Gasteiger partial charge in [0, 0.05) is 29.3 Å². The van der Waals surface area contributed by atoms with Crippen molar-refractivity contribution in [3.8, 4) is 17.2 Å². The van der Waals surface area contributed by atoms with Crippen molar-refractivity contribution in [2.45, 2.75) is 51.9 Å². The van der Waals surface area contributed by atoms with Crippen molar-refractivity contribution in [1.82, 2.24) is 5.32 Å². The van der Waals surface area contributed by atoms with E-state index in [2.05, 4.69) is 5.32 Å². The number of methoxy groups -OCH3 is 1. The lowest BCUT2D eigenvalue weighted by atomic mass is 9.71. The van der Waals surface area contributed by atoms with E-state index in [0.717, 1.165) is 17.0 Å². The number of nitrogens with one attached hydrogen (secondary N) is 1. The Morgan fingerprint density at radius 2 is 1.81 bits per heavy atom. The zero-order valence-corrected chi connectivity index (χ0v) is 21.2. The molecule has 0 fully saturated rings. The zero-order chi connectivity index (χ0) is 25.8. The lowest BCUT2D eigenvalue weighted by molar-refractivity contribution is -0.139. The molecule has 36 heavy (non-hydrogen) atoms. The van der Waals surface area contributed by atoms with Crippen molar-refractivity contribution in [3.05, 3.63) is 76.1 Å². The molecule has 0 aromatic heterocycles. The van der Waals surface area contributed by atoms with Gasteiger partial charge < -0.3 is 24.6 Å². The van der Waals surface area contributed by atoms with Gasteiger partial charge in [0.2, 0.25) is 0 Å². The van der Waals surface area contributed by atoms with Crippen LogP contribution in [0.1, 0.15) is 63.0 Å². The van der Waals surface area contributed by atoms with Gasteiger partial charge in [-0.3, -0.25) is 4.79 Å². The fraction of sp³-hybridized carbons (Fsp3) is 0.379.